The van der Waals surface area contributed by atoms with E-state index in [2.05, 4.69) is 4.98 Å². The van der Waals surface area contributed by atoms with Crippen molar-refractivity contribution in [3.8, 4) is 11.5 Å². The molecule has 0 radical (unpaired) electrons. The third-order valence-electron chi connectivity index (χ3n) is 3.36. The van der Waals surface area contributed by atoms with E-state index < -0.39 is 0 Å². The Labute approximate surface area is 143 Å². The van der Waals surface area contributed by atoms with Crippen molar-refractivity contribution < 1.29 is 14.3 Å². The number of hydrogen-bond acceptors (Lipinski definition) is 4. The lowest BCUT2D eigenvalue weighted by Crippen LogP contribution is -2.08. The minimum atomic E-state index is -0.227. The third kappa shape index (κ3) is 5.54. The second-order valence-corrected chi connectivity index (χ2v) is 5.30. The van der Waals surface area contributed by atoms with Crippen molar-refractivity contribution in [2.45, 2.75) is 33.1 Å². The molecule has 0 saturated carbocycles. The lowest BCUT2D eigenvalue weighted by atomic mass is 10.1. The Hall–Kier alpha value is -2.62. The molecule has 0 N–H and O–H groups in total. The maximum atomic E-state index is 11.8. The number of carbonyl (C=O) groups excluding carboxylic acids is 1. The van der Waals surface area contributed by atoms with Crippen LogP contribution in [0.3, 0.4) is 0 Å². The molecule has 2 aromatic rings. The van der Waals surface area contributed by atoms with Gasteiger partial charge in [0.1, 0.15) is 0 Å². The summed E-state index contributed by atoms with van der Waals surface area (Å²) in [5.41, 5.74) is 1.84. The van der Waals surface area contributed by atoms with E-state index in [0.717, 1.165) is 24.1 Å². The first-order valence-corrected chi connectivity index (χ1v) is 8.29. The highest BCUT2D eigenvalue weighted by Gasteiger charge is 2.10. The second-order valence-electron chi connectivity index (χ2n) is 5.30. The molecule has 0 saturated heterocycles. The molecule has 0 spiro atoms. The molecule has 0 unspecified atom stereocenters. The van der Waals surface area contributed by atoms with Gasteiger partial charge in [-0.05, 0) is 49.2 Å². The Morgan fingerprint density at radius 1 is 1.12 bits per heavy atom. The Morgan fingerprint density at radius 3 is 2.71 bits per heavy atom. The quantitative estimate of drug-likeness (QED) is 0.519. The number of benzene rings is 1. The summed E-state index contributed by atoms with van der Waals surface area (Å²) >= 11 is 0. The molecule has 126 valence electrons. The van der Waals surface area contributed by atoms with E-state index in [0.29, 0.717) is 24.5 Å². The monoisotopic (exact) mass is 325 g/mol. The summed E-state index contributed by atoms with van der Waals surface area (Å²) in [5.74, 6) is 0.813. The summed E-state index contributed by atoms with van der Waals surface area (Å²) in [6.45, 7) is 4.45. The fourth-order valence-corrected chi connectivity index (χ4v) is 2.13. The molecule has 0 bridgehead atoms. The molecule has 0 amide bonds. The van der Waals surface area contributed by atoms with Crippen LogP contribution in [0.4, 0.5) is 0 Å². The molecule has 0 aliphatic rings. The van der Waals surface area contributed by atoms with E-state index >= 15 is 0 Å². The molecule has 24 heavy (non-hydrogen) atoms. The SMILES string of the molecule is CCCCC(=O)Oc1ccc(/C=C/c2ccccn2)cc1OCC. The van der Waals surface area contributed by atoms with E-state index in [4.69, 9.17) is 9.47 Å². The first kappa shape index (κ1) is 17.7. The van der Waals surface area contributed by atoms with Crippen LogP contribution >= 0.6 is 0 Å². The molecule has 0 aliphatic heterocycles. The van der Waals surface area contributed by atoms with Gasteiger partial charge in [-0.2, -0.15) is 0 Å². The average Bonchev–Trinajstić information content (AvgIpc) is 2.61. The number of aromatic nitrogens is 1. The third-order valence-corrected chi connectivity index (χ3v) is 3.36. The number of pyridine rings is 1. The van der Waals surface area contributed by atoms with E-state index in [9.17, 15) is 4.79 Å². The van der Waals surface area contributed by atoms with Crippen LogP contribution < -0.4 is 9.47 Å². The number of unbranched alkanes of at least 4 members (excludes halogenated alkanes) is 1. The standard InChI is InChI=1S/C20H23NO3/c1-3-5-9-20(22)24-18-13-11-16(15-19(18)23-4-2)10-12-17-8-6-7-14-21-17/h6-8,10-15H,3-5,9H2,1-2H3/b12-10+. The largest absolute Gasteiger partial charge is 0.490 e. The highest BCUT2D eigenvalue weighted by molar-refractivity contribution is 5.74. The number of nitrogens with zero attached hydrogens (tertiary/aromatic N) is 1. The minimum absolute atomic E-state index is 0.227. The Kier molecular flexibility index (Phi) is 7.02. The molecule has 2 rings (SSSR count). The van der Waals surface area contributed by atoms with Gasteiger partial charge in [0.05, 0.1) is 12.3 Å². The molecule has 0 aliphatic carbocycles. The molecule has 4 heteroatoms. The van der Waals surface area contributed by atoms with Crippen molar-refractivity contribution in [2.75, 3.05) is 6.61 Å². The Balaban J connectivity index is 2.13. The molecular formula is C20H23NO3. The van der Waals surface area contributed by atoms with Crippen LogP contribution in [0.5, 0.6) is 11.5 Å². The van der Waals surface area contributed by atoms with Gasteiger partial charge >= 0.3 is 5.97 Å². The number of esters is 1. The maximum Gasteiger partial charge on any atom is 0.311 e. The van der Waals surface area contributed by atoms with Gasteiger partial charge in [0, 0.05) is 12.6 Å². The van der Waals surface area contributed by atoms with E-state index in [1.807, 2.05) is 56.3 Å². The van der Waals surface area contributed by atoms with Crippen LogP contribution in [-0.4, -0.2) is 17.6 Å². The Bertz CT molecular complexity index is 681. The van der Waals surface area contributed by atoms with E-state index in [1.165, 1.54) is 0 Å². The lowest BCUT2D eigenvalue weighted by molar-refractivity contribution is -0.134. The molecule has 1 heterocycles. The minimum Gasteiger partial charge on any atom is -0.490 e. The van der Waals surface area contributed by atoms with Crippen LogP contribution in [0.15, 0.2) is 42.6 Å². The fourth-order valence-electron chi connectivity index (χ4n) is 2.13. The second kappa shape index (κ2) is 9.50. The lowest BCUT2D eigenvalue weighted by Gasteiger charge is -2.11. The van der Waals surface area contributed by atoms with Gasteiger partial charge < -0.3 is 9.47 Å². The van der Waals surface area contributed by atoms with Crippen LogP contribution in [0, 0.1) is 0 Å². The predicted molar refractivity (Wildman–Crippen MR) is 95.9 cm³/mol. The first-order chi connectivity index (χ1) is 11.7. The average molecular weight is 325 g/mol. The maximum absolute atomic E-state index is 11.8. The summed E-state index contributed by atoms with van der Waals surface area (Å²) in [6.07, 6.45) is 7.84. The summed E-state index contributed by atoms with van der Waals surface area (Å²) in [6, 6.07) is 11.3. The molecular weight excluding hydrogens is 302 g/mol. The van der Waals surface area contributed by atoms with E-state index in [1.54, 1.807) is 12.3 Å². The van der Waals surface area contributed by atoms with Crippen LogP contribution in [0.2, 0.25) is 0 Å². The van der Waals surface area contributed by atoms with Crippen molar-refractivity contribution in [2.24, 2.45) is 0 Å². The summed E-state index contributed by atoms with van der Waals surface area (Å²) in [7, 11) is 0. The van der Waals surface area contributed by atoms with Gasteiger partial charge in [-0.1, -0.05) is 31.6 Å². The van der Waals surface area contributed by atoms with Crippen molar-refractivity contribution >= 4 is 18.1 Å². The van der Waals surface area contributed by atoms with Gasteiger partial charge in [-0.25, -0.2) is 0 Å². The van der Waals surface area contributed by atoms with Crippen LogP contribution in [0.1, 0.15) is 44.4 Å². The van der Waals surface area contributed by atoms with Gasteiger partial charge in [-0.15, -0.1) is 0 Å². The molecule has 1 aromatic carbocycles. The number of carbonyl (C=O) groups is 1. The fraction of sp³-hybridized carbons (Fsp3) is 0.300. The number of hydrogen-bond donors (Lipinski definition) is 0. The summed E-state index contributed by atoms with van der Waals surface area (Å²) < 4.78 is 11.0. The van der Waals surface area contributed by atoms with Gasteiger partial charge in [0.2, 0.25) is 0 Å². The predicted octanol–water partition coefficient (Wildman–Crippen LogP) is 4.75. The normalized spacial score (nSPS) is 10.8. The zero-order valence-corrected chi connectivity index (χ0v) is 14.2. The molecule has 0 fully saturated rings. The Morgan fingerprint density at radius 2 is 2.00 bits per heavy atom. The van der Waals surface area contributed by atoms with Crippen molar-refractivity contribution in [1.29, 1.82) is 0 Å². The molecule has 0 atom stereocenters. The van der Waals surface area contributed by atoms with Crippen molar-refractivity contribution in [3.63, 3.8) is 0 Å². The zero-order chi connectivity index (χ0) is 17.2. The molecule has 1 aromatic heterocycles. The van der Waals surface area contributed by atoms with E-state index in [-0.39, 0.29) is 5.97 Å². The highest BCUT2D eigenvalue weighted by atomic mass is 16.6. The molecule has 4 nitrogen and oxygen atoms in total. The summed E-state index contributed by atoms with van der Waals surface area (Å²) in [5, 5.41) is 0. The van der Waals surface area contributed by atoms with Gasteiger partial charge in [0.25, 0.3) is 0 Å². The number of rotatable bonds is 8. The van der Waals surface area contributed by atoms with Gasteiger partial charge in [-0.3, -0.25) is 9.78 Å². The topological polar surface area (TPSA) is 48.4 Å². The van der Waals surface area contributed by atoms with Crippen LogP contribution in [0.25, 0.3) is 12.2 Å². The summed E-state index contributed by atoms with van der Waals surface area (Å²) in [4.78, 5) is 16.1. The highest BCUT2D eigenvalue weighted by Crippen LogP contribution is 2.29. The van der Waals surface area contributed by atoms with Crippen molar-refractivity contribution in [3.05, 3.63) is 53.9 Å². The smallest absolute Gasteiger partial charge is 0.311 e. The first-order valence-electron chi connectivity index (χ1n) is 8.29. The van der Waals surface area contributed by atoms with Gasteiger partial charge in [0.15, 0.2) is 11.5 Å². The number of ether oxygens (including phenoxy) is 2. The van der Waals surface area contributed by atoms with Crippen LogP contribution in [-0.2, 0) is 4.79 Å². The van der Waals surface area contributed by atoms with Crippen molar-refractivity contribution in [1.82, 2.24) is 4.98 Å². The zero-order valence-electron chi connectivity index (χ0n) is 14.2.